The van der Waals surface area contributed by atoms with Crippen LogP contribution in [0, 0.1) is 0 Å². The minimum Gasteiger partial charge on any atom is -0.179 e. The molecule has 15 heavy (non-hydrogen) atoms. The van der Waals surface area contributed by atoms with Crippen LogP contribution in [-0.2, 0) is 12.6 Å². The van der Waals surface area contributed by atoms with Gasteiger partial charge < -0.3 is 0 Å². The van der Waals surface area contributed by atoms with Gasteiger partial charge in [-0.25, -0.2) is 0 Å². The van der Waals surface area contributed by atoms with Crippen LogP contribution < -0.4 is 0 Å². The minimum absolute atomic E-state index is 0.237. The number of halogens is 4. The third kappa shape index (κ3) is 3.61. The van der Waals surface area contributed by atoms with Gasteiger partial charge in [-0.05, 0) is 36.3 Å². The van der Waals surface area contributed by atoms with Gasteiger partial charge in [0.1, 0.15) is 0 Å². The Hall–Kier alpha value is -0.350. The fourth-order valence-corrected chi connectivity index (χ4v) is 1.70. The Bertz CT molecular complexity index is 336. The van der Waals surface area contributed by atoms with Gasteiger partial charge in [0.05, 0.1) is 10.6 Å². The lowest BCUT2D eigenvalue weighted by molar-refractivity contribution is -0.137. The maximum atomic E-state index is 12.3. The standard InChI is InChI=1S/C10H10ClF3S/c11-9-6-7(2-1-5-15)3-4-8(9)10(12,13)14/h3-4,6,15H,1-2,5H2. The van der Waals surface area contributed by atoms with Gasteiger partial charge >= 0.3 is 6.18 Å². The molecule has 0 heterocycles. The van der Waals surface area contributed by atoms with Crippen molar-refractivity contribution in [2.24, 2.45) is 0 Å². The highest BCUT2D eigenvalue weighted by Crippen LogP contribution is 2.35. The molecule has 0 bridgehead atoms. The van der Waals surface area contributed by atoms with Crippen LogP contribution in [0.4, 0.5) is 13.2 Å². The van der Waals surface area contributed by atoms with E-state index in [1.165, 1.54) is 12.1 Å². The molecule has 1 aromatic rings. The van der Waals surface area contributed by atoms with Crippen LogP contribution in [0.1, 0.15) is 17.5 Å². The van der Waals surface area contributed by atoms with Gasteiger partial charge in [0.2, 0.25) is 0 Å². The van der Waals surface area contributed by atoms with Crippen molar-refractivity contribution >= 4 is 24.2 Å². The normalized spacial score (nSPS) is 11.8. The molecule has 0 aliphatic rings. The predicted octanol–water partition coefficient (Wildman–Crippen LogP) is 4.22. The third-order valence-electron chi connectivity index (χ3n) is 1.96. The molecule has 0 aliphatic carbocycles. The van der Waals surface area contributed by atoms with Crippen molar-refractivity contribution in [3.05, 3.63) is 34.3 Å². The Kier molecular flexibility index (Phi) is 4.34. The van der Waals surface area contributed by atoms with E-state index < -0.39 is 11.7 Å². The summed E-state index contributed by atoms with van der Waals surface area (Å²) in [5.74, 6) is 0.707. The number of hydrogen-bond donors (Lipinski definition) is 1. The zero-order chi connectivity index (χ0) is 11.5. The first kappa shape index (κ1) is 12.7. The molecule has 0 saturated carbocycles. The summed E-state index contributed by atoms with van der Waals surface area (Å²) in [6.07, 6.45) is -2.86. The van der Waals surface area contributed by atoms with Gasteiger partial charge in [0, 0.05) is 0 Å². The number of aryl methyl sites for hydroxylation is 1. The molecule has 5 heteroatoms. The lowest BCUT2D eigenvalue weighted by Crippen LogP contribution is -2.06. The van der Waals surface area contributed by atoms with Crippen LogP contribution in [0.25, 0.3) is 0 Å². The molecule has 84 valence electrons. The van der Waals surface area contributed by atoms with E-state index in [0.29, 0.717) is 12.2 Å². The topological polar surface area (TPSA) is 0 Å². The van der Waals surface area contributed by atoms with Gasteiger partial charge in [0.15, 0.2) is 0 Å². The number of alkyl halides is 3. The summed E-state index contributed by atoms with van der Waals surface area (Å²) in [4.78, 5) is 0. The second-order valence-corrected chi connectivity index (χ2v) is 3.99. The van der Waals surface area contributed by atoms with E-state index in [4.69, 9.17) is 11.6 Å². The molecule has 0 atom stereocenters. The molecular formula is C10H10ClF3S. The molecule has 0 nitrogen and oxygen atoms in total. The maximum Gasteiger partial charge on any atom is 0.417 e. The Labute approximate surface area is 96.8 Å². The van der Waals surface area contributed by atoms with Crippen molar-refractivity contribution in [2.75, 3.05) is 5.75 Å². The van der Waals surface area contributed by atoms with Crippen LogP contribution in [0.2, 0.25) is 5.02 Å². The summed E-state index contributed by atoms with van der Waals surface area (Å²) in [7, 11) is 0. The monoisotopic (exact) mass is 254 g/mol. The van der Waals surface area contributed by atoms with Crippen molar-refractivity contribution < 1.29 is 13.2 Å². The summed E-state index contributed by atoms with van der Waals surface area (Å²) >= 11 is 9.58. The van der Waals surface area contributed by atoms with E-state index in [1.807, 2.05) is 0 Å². The summed E-state index contributed by atoms with van der Waals surface area (Å²) in [5.41, 5.74) is 0.0286. The Balaban J connectivity index is 2.89. The van der Waals surface area contributed by atoms with Gasteiger partial charge in [0.25, 0.3) is 0 Å². The summed E-state index contributed by atoms with van der Waals surface area (Å²) in [5, 5.41) is -0.237. The number of hydrogen-bond acceptors (Lipinski definition) is 1. The van der Waals surface area contributed by atoms with Crippen molar-refractivity contribution in [3.8, 4) is 0 Å². The van der Waals surface area contributed by atoms with E-state index >= 15 is 0 Å². The molecule has 0 amide bonds. The SMILES string of the molecule is FC(F)(F)c1ccc(CCCS)cc1Cl. The summed E-state index contributed by atoms with van der Waals surface area (Å²) < 4.78 is 37.0. The number of rotatable bonds is 3. The molecule has 1 rings (SSSR count). The van der Waals surface area contributed by atoms with E-state index in [-0.39, 0.29) is 5.02 Å². The summed E-state index contributed by atoms with van der Waals surface area (Å²) in [6, 6.07) is 3.85. The highest BCUT2D eigenvalue weighted by atomic mass is 35.5. The Morgan fingerprint density at radius 3 is 2.40 bits per heavy atom. The molecule has 0 spiro atoms. The van der Waals surface area contributed by atoms with Crippen LogP contribution in [0.15, 0.2) is 18.2 Å². The molecule has 1 aromatic carbocycles. The van der Waals surface area contributed by atoms with Gasteiger partial charge in [-0.2, -0.15) is 25.8 Å². The fraction of sp³-hybridized carbons (Fsp3) is 0.400. The van der Waals surface area contributed by atoms with Crippen LogP contribution in [-0.4, -0.2) is 5.75 Å². The van der Waals surface area contributed by atoms with Gasteiger partial charge in [-0.15, -0.1) is 0 Å². The fourth-order valence-electron chi connectivity index (χ4n) is 1.23. The number of benzene rings is 1. The zero-order valence-corrected chi connectivity index (χ0v) is 9.46. The molecule has 0 aliphatic heterocycles. The minimum atomic E-state index is -4.38. The van der Waals surface area contributed by atoms with Crippen molar-refractivity contribution in [3.63, 3.8) is 0 Å². The molecule has 0 aromatic heterocycles. The predicted molar refractivity (Wildman–Crippen MR) is 58.6 cm³/mol. The molecule has 0 saturated heterocycles. The average Bonchev–Trinajstić information content (AvgIpc) is 2.12. The Morgan fingerprint density at radius 1 is 1.27 bits per heavy atom. The van der Waals surface area contributed by atoms with Crippen LogP contribution in [0.3, 0.4) is 0 Å². The van der Waals surface area contributed by atoms with E-state index in [0.717, 1.165) is 18.1 Å². The number of thiol groups is 1. The zero-order valence-electron chi connectivity index (χ0n) is 7.81. The second-order valence-electron chi connectivity index (χ2n) is 3.14. The van der Waals surface area contributed by atoms with Crippen LogP contribution in [0.5, 0.6) is 0 Å². The quantitative estimate of drug-likeness (QED) is 0.767. The molecule has 0 radical (unpaired) electrons. The lowest BCUT2D eigenvalue weighted by Gasteiger charge is -2.09. The largest absolute Gasteiger partial charge is 0.417 e. The van der Waals surface area contributed by atoms with E-state index in [2.05, 4.69) is 12.6 Å². The van der Waals surface area contributed by atoms with Crippen LogP contribution >= 0.6 is 24.2 Å². The first-order chi connectivity index (χ1) is 6.95. The smallest absolute Gasteiger partial charge is 0.179 e. The Morgan fingerprint density at radius 2 is 1.93 bits per heavy atom. The van der Waals surface area contributed by atoms with E-state index in [1.54, 1.807) is 0 Å². The molecule has 0 N–H and O–H groups in total. The van der Waals surface area contributed by atoms with Gasteiger partial charge in [-0.1, -0.05) is 17.7 Å². The van der Waals surface area contributed by atoms with Gasteiger partial charge in [-0.3, -0.25) is 0 Å². The maximum absolute atomic E-state index is 12.3. The lowest BCUT2D eigenvalue weighted by atomic mass is 10.1. The van der Waals surface area contributed by atoms with Crippen molar-refractivity contribution in [1.82, 2.24) is 0 Å². The highest BCUT2D eigenvalue weighted by Gasteiger charge is 2.32. The summed E-state index contributed by atoms with van der Waals surface area (Å²) in [6.45, 7) is 0. The molecular weight excluding hydrogens is 245 g/mol. The first-order valence-corrected chi connectivity index (χ1v) is 5.42. The first-order valence-electron chi connectivity index (χ1n) is 4.41. The van der Waals surface area contributed by atoms with Crippen molar-refractivity contribution in [2.45, 2.75) is 19.0 Å². The molecule has 0 fully saturated rings. The highest BCUT2D eigenvalue weighted by molar-refractivity contribution is 7.80. The van der Waals surface area contributed by atoms with Crippen molar-refractivity contribution in [1.29, 1.82) is 0 Å². The molecule has 0 unspecified atom stereocenters. The average molecular weight is 255 g/mol. The second kappa shape index (κ2) is 5.12. The third-order valence-corrected chi connectivity index (χ3v) is 2.59. The van der Waals surface area contributed by atoms with E-state index in [9.17, 15) is 13.2 Å².